The normalized spacial score (nSPS) is 13.2. The third-order valence-electron chi connectivity index (χ3n) is 10.1. The molecule has 1 heterocycles. The average Bonchev–Trinajstić information content (AvgIpc) is 3.33. The second kappa shape index (κ2) is 11.6. The minimum absolute atomic E-state index is 0.633. The first kappa shape index (κ1) is 29.2. The van der Waals surface area contributed by atoms with Crippen LogP contribution < -0.4 is 4.90 Å². The van der Waals surface area contributed by atoms with Gasteiger partial charge in [-0.1, -0.05) is 115 Å². The Kier molecular flexibility index (Phi) is 6.80. The second-order valence-corrected chi connectivity index (χ2v) is 12.8. The summed E-state index contributed by atoms with van der Waals surface area (Å²) in [5, 5.41) is 19.5. The Morgan fingerprint density at radius 3 is 1.36 bits per heavy atom. The monoisotopic (exact) mass is 635 g/mol. The lowest BCUT2D eigenvalue weighted by Crippen LogP contribution is -2.38. The van der Waals surface area contributed by atoms with Gasteiger partial charge in [0, 0.05) is 5.69 Å². The number of hydrogen-bond acceptors (Lipinski definition) is 3. The quantitative estimate of drug-likeness (QED) is 0.194. The Bertz CT molecular complexity index is 2420. The first-order valence-electron chi connectivity index (χ1n) is 16.7. The van der Waals surface area contributed by atoms with Crippen molar-refractivity contribution in [3.63, 3.8) is 0 Å². The molecule has 0 saturated heterocycles. The molecule has 7 aromatic carbocycles. The minimum atomic E-state index is -0.724. The van der Waals surface area contributed by atoms with Crippen LogP contribution in [0.2, 0.25) is 0 Å². The maximum Gasteiger partial charge on any atom is 0.0991 e. The van der Waals surface area contributed by atoms with Gasteiger partial charge in [0.1, 0.15) is 0 Å². The zero-order valence-electron chi connectivity index (χ0n) is 27.1. The zero-order chi connectivity index (χ0) is 33.7. The Hall–Kier alpha value is -6.94. The van der Waals surface area contributed by atoms with Gasteiger partial charge < -0.3 is 4.90 Å². The summed E-state index contributed by atoms with van der Waals surface area (Å²) in [5.74, 6) is 0. The van der Waals surface area contributed by atoms with Crippen molar-refractivity contribution in [1.82, 2.24) is 0 Å². The van der Waals surface area contributed by atoms with Crippen LogP contribution in [0.25, 0.3) is 34.4 Å². The third-order valence-corrected chi connectivity index (χ3v) is 10.1. The summed E-state index contributed by atoms with van der Waals surface area (Å²) in [4.78, 5) is 2.38. The van der Waals surface area contributed by atoms with Gasteiger partial charge in [-0.05, 0) is 116 Å². The molecule has 1 aliphatic carbocycles. The van der Waals surface area contributed by atoms with Crippen LogP contribution in [0.1, 0.15) is 44.5 Å². The first-order valence-corrected chi connectivity index (χ1v) is 16.7. The van der Waals surface area contributed by atoms with Gasteiger partial charge in [0.25, 0.3) is 0 Å². The smallest absolute Gasteiger partial charge is 0.0991 e. The molecule has 0 amide bonds. The molecule has 0 bridgehead atoms. The molecular weight excluding hydrogens is 607 g/mol. The van der Waals surface area contributed by atoms with E-state index >= 15 is 0 Å². The predicted octanol–water partition coefficient (Wildman–Crippen LogP) is 11.4. The molecule has 50 heavy (non-hydrogen) atoms. The lowest BCUT2D eigenvalue weighted by Gasteiger charge is -2.47. The highest BCUT2D eigenvalue weighted by atomic mass is 15.2. The van der Waals surface area contributed by atoms with E-state index in [4.69, 9.17) is 0 Å². The van der Waals surface area contributed by atoms with E-state index in [1.807, 2.05) is 36.4 Å². The topological polar surface area (TPSA) is 50.8 Å². The largest absolute Gasteiger partial charge is 0.310 e. The Balaban J connectivity index is 1.43. The van der Waals surface area contributed by atoms with Gasteiger partial charge in [-0.2, -0.15) is 10.5 Å². The molecule has 9 rings (SSSR count). The maximum absolute atomic E-state index is 9.75. The molecule has 0 atom stereocenters. The molecule has 3 nitrogen and oxygen atoms in total. The van der Waals surface area contributed by atoms with E-state index in [0.717, 1.165) is 50.4 Å². The highest BCUT2D eigenvalue weighted by Gasteiger charge is 2.48. The van der Waals surface area contributed by atoms with Crippen LogP contribution in [-0.4, -0.2) is 0 Å². The van der Waals surface area contributed by atoms with Gasteiger partial charge in [0.05, 0.1) is 40.1 Å². The highest BCUT2D eigenvalue weighted by molar-refractivity contribution is 5.94. The Morgan fingerprint density at radius 1 is 0.400 bits per heavy atom. The van der Waals surface area contributed by atoms with E-state index in [9.17, 15) is 10.5 Å². The van der Waals surface area contributed by atoms with E-state index in [1.165, 1.54) is 22.3 Å². The number of anilines is 3. The number of para-hydroxylation sites is 3. The van der Waals surface area contributed by atoms with Crippen molar-refractivity contribution in [2.24, 2.45) is 0 Å². The minimum Gasteiger partial charge on any atom is -0.310 e. The van der Waals surface area contributed by atoms with Crippen LogP contribution in [0.4, 0.5) is 17.1 Å². The molecule has 3 heteroatoms. The molecule has 1 spiro atoms. The summed E-state index contributed by atoms with van der Waals surface area (Å²) in [6, 6.07) is 61.9. The number of hydrogen-bond donors (Lipinski definition) is 0. The fourth-order valence-corrected chi connectivity index (χ4v) is 7.96. The van der Waals surface area contributed by atoms with E-state index in [-0.39, 0.29) is 0 Å². The molecular formula is C47H29N3. The zero-order valence-corrected chi connectivity index (χ0v) is 27.1. The molecule has 232 valence electrons. The lowest BCUT2D eigenvalue weighted by molar-refractivity contribution is 0.730. The Labute approximate surface area is 291 Å². The van der Waals surface area contributed by atoms with Crippen LogP contribution in [-0.2, 0) is 5.41 Å². The molecule has 7 aromatic rings. The number of rotatable bonds is 3. The molecule has 1 aliphatic heterocycles. The summed E-state index contributed by atoms with van der Waals surface area (Å²) >= 11 is 0. The van der Waals surface area contributed by atoms with Gasteiger partial charge in [0.2, 0.25) is 0 Å². The number of nitrogens with zero attached hydrogens (tertiary/aromatic N) is 3. The molecule has 2 aliphatic rings. The van der Waals surface area contributed by atoms with Crippen LogP contribution >= 0.6 is 0 Å². The fraction of sp³-hybridized carbons (Fsp3) is 0.0213. The summed E-state index contributed by atoms with van der Waals surface area (Å²) < 4.78 is 0. The van der Waals surface area contributed by atoms with Crippen molar-refractivity contribution in [3.8, 4) is 34.4 Å². The summed E-state index contributed by atoms with van der Waals surface area (Å²) in [7, 11) is 0. The standard InChI is InChI=1S/C47H29N3/c48-30-32-10-8-12-36(26-32)38-24-22-34-20-21-35-23-25-39(37-13-9-11-33(27-37)31-49)29-44(35)47(43(34)28-38)41-16-4-6-18-45(41)50(40-14-2-1-3-15-40)46-19-7-5-17-42(46)47/h1-29H. The summed E-state index contributed by atoms with van der Waals surface area (Å²) in [5.41, 5.74) is 14.9. The van der Waals surface area contributed by atoms with Crippen molar-refractivity contribution in [1.29, 1.82) is 10.5 Å². The van der Waals surface area contributed by atoms with Crippen LogP contribution in [0.5, 0.6) is 0 Å². The van der Waals surface area contributed by atoms with Crippen molar-refractivity contribution < 1.29 is 0 Å². The number of nitriles is 2. The average molecular weight is 636 g/mol. The maximum atomic E-state index is 9.75. The SMILES string of the molecule is N#Cc1cccc(-c2ccc3c(c2)C2(c4cc(-c5cccc(C#N)c5)ccc4C=C3)c3ccccc3N(c3ccccc3)c3ccccc32)c1. The summed E-state index contributed by atoms with van der Waals surface area (Å²) in [6.07, 6.45) is 4.48. The molecule has 0 saturated carbocycles. The third kappa shape index (κ3) is 4.42. The molecule has 0 unspecified atom stereocenters. The van der Waals surface area contributed by atoms with E-state index in [2.05, 4.69) is 157 Å². The van der Waals surface area contributed by atoms with Crippen molar-refractivity contribution in [2.45, 2.75) is 5.41 Å². The Morgan fingerprint density at radius 2 is 0.860 bits per heavy atom. The number of benzene rings is 7. The van der Waals surface area contributed by atoms with E-state index in [1.54, 1.807) is 0 Å². The molecule has 0 radical (unpaired) electrons. The van der Waals surface area contributed by atoms with Crippen LogP contribution in [0.15, 0.2) is 164 Å². The van der Waals surface area contributed by atoms with Gasteiger partial charge in [-0.15, -0.1) is 0 Å². The van der Waals surface area contributed by atoms with Gasteiger partial charge in [-0.25, -0.2) is 0 Å². The van der Waals surface area contributed by atoms with Crippen molar-refractivity contribution in [3.05, 3.63) is 208 Å². The lowest BCUT2D eigenvalue weighted by atomic mass is 9.60. The highest BCUT2D eigenvalue weighted by Crippen LogP contribution is 2.60. The van der Waals surface area contributed by atoms with Crippen LogP contribution in [0, 0.1) is 22.7 Å². The van der Waals surface area contributed by atoms with E-state index < -0.39 is 5.41 Å². The van der Waals surface area contributed by atoms with Crippen LogP contribution in [0.3, 0.4) is 0 Å². The van der Waals surface area contributed by atoms with E-state index in [0.29, 0.717) is 11.1 Å². The summed E-state index contributed by atoms with van der Waals surface area (Å²) in [6.45, 7) is 0. The van der Waals surface area contributed by atoms with Gasteiger partial charge in [-0.3, -0.25) is 0 Å². The van der Waals surface area contributed by atoms with Gasteiger partial charge >= 0.3 is 0 Å². The molecule has 0 N–H and O–H groups in total. The number of fused-ring (bicyclic) bond motifs is 8. The molecule has 0 aromatic heterocycles. The van der Waals surface area contributed by atoms with Crippen molar-refractivity contribution in [2.75, 3.05) is 4.90 Å². The fourth-order valence-electron chi connectivity index (χ4n) is 7.96. The second-order valence-electron chi connectivity index (χ2n) is 12.8. The van der Waals surface area contributed by atoms with Crippen molar-refractivity contribution >= 4 is 29.2 Å². The van der Waals surface area contributed by atoms with Gasteiger partial charge in [0.15, 0.2) is 0 Å². The predicted molar refractivity (Wildman–Crippen MR) is 202 cm³/mol. The molecule has 0 fully saturated rings. The first-order chi connectivity index (χ1) is 24.7.